The summed E-state index contributed by atoms with van der Waals surface area (Å²) in [6.07, 6.45) is 2.49. The van der Waals surface area contributed by atoms with Crippen molar-refractivity contribution in [3.05, 3.63) is 63.0 Å². The molecule has 0 aliphatic rings. The summed E-state index contributed by atoms with van der Waals surface area (Å²) in [5.74, 6) is -1.77. The maximum Gasteiger partial charge on any atom is 0.347 e. The summed E-state index contributed by atoms with van der Waals surface area (Å²) in [5.41, 5.74) is -0.574. The van der Waals surface area contributed by atoms with Crippen molar-refractivity contribution < 1.29 is 14.3 Å². The molecule has 0 aliphatic carbocycles. The van der Waals surface area contributed by atoms with Crippen LogP contribution < -0.4 is 5.69 Å². The van der Waals surface area contributed by atoms with Crippen molar-refractivity contribution in [1.29, 1.82) is 0 Å². The Balaban J connectivity index is 2.43. The summed E-state index contributed by atoms with van der Waals surface area (Å²) in [7, 11) is 0. The second kappa shape index (κ2) is 5.19. The van der Waals surface area contributed by atoms with Crippen molar-refractivity contribution in [3.63, 3.8) is 0 Å². The zero-order valence-electron chi connectivity index (χ0n) is 9.51. The van der Waals surface area contributed by atoms with Crippen molar-refractivity contribution in [2.24, 2.45) is 0 Å². The van der Waals surface area contributed by atoms with E-state index in [2.05, 4.69) is 4.98 Å². The lowest BCUT2D eigenvalue weighted by Crippen LogP contribution is -2.23. The SMILES string of the molecule is O=C(O)c1ccc(F)c(Cn2cc(Cl)cnc2=O)c1. The van der Waals surface area contributed by atoms with E-state index in [4.69, 9.17) is 16.7 Å². The van der Waals surface area contributed by atoms with Crippen molar-refractivity contribution in [3.8, 4) is 0 Å². The zero-order valence-corrected chi connectivity index (χ0v) is 10.3. The summed E-state index contributed by atoms with van der Waals surface area (Å²) < 4.78 is 14.7. The number of hydrogen-bond acceptors (Lipinski definition) is 3. The third-order valence-corrected chi connectivity index (χ3v) is 2.65. The normalized spacial score (nSPS) is 10.4. The number of halogens is 2. The van der Waals surface area contributed by atoms with Gasteiger partial charge in [-0.05, 0) is 18.2 Å². The Kier molecular flexibility index (Phi) is 3.62. The number of carboxylic acids is 1. The summed E-state index contributed by atoms with van der Waals surface area (Å²) >= 11 is 5.69. The van der Waals surface area contributed by atoms with Gasteiger partial charge in [-0.15, -0.1) is 0 Å². The van der Waals surface area contributed by atoms with Crippen LogP contribution in [-0.4, -0.2) is 20.6 Å². The highest BCUT2D eigenvalue weighted by Gasteiger charge is 2.10. The van der Waals surface area contributed by atoms with Crippen LogP contribution in [0.3, 0.4) is 0 Å². The molecule has 0 fully saturated rings. The maximum atomic E-state index is 13.6. The van der Waals surface area contributed by atoms with Gasteiger partial charge < -0.3 is 5.11 Å². The molecule has 19 heavy (non-hydrogen) atoms. The first-order valence-electron chi connectivity index (χ1n) is 5.21. The minimum Gasteiger partial charge on any atom is -0.478 e. The predicted molar refractivity (Wildman–Crippen MR) is 66.0 cm³/mol. The monoisotopic (exact) mass is 282 g/mol. The molecule has 1 aromatic heterocycles. The largest absolute Gasteiger partial charge is 0.478 e. The molecule has 7 heteroatoms. The van der Waals surface area contributed by atoms with Gasteiger partial charge in [0.1, 0.15) is 5.82 Å². The number of nitrogens with zero attached hydrogens (tertiary/aromatic N) is 2. The molecule has 0 radical (unpaired) electrons. The smallest absolute Gasteiger partial charge is 0.347 e. The van der Waals surface area contributed by atoms with Crippen LogP contribution in [0.2, 0.25) is 5.02 Å². The second-order valence-corrected chi connectivity index (χ2v) is 4.23. The van der Waals surface area contributed by atoms with Crippen molar-refractivity contribution in [1.82, 2.24) is 9.55 Å². The van der Waals surface area contributed by atoms with Gasteiger partial charge in [0.2, 0.25) is 0 Å². The molecule has 0 unspecified atom stereocenters. The van der Waals surface area contributed by atoms with Crippen molar-refractivity contribution in [2.45, 2.75) is 6.54 Å². The molecule has 98 valence electrons. The standard InChI is InChI=1S/C12H8ClFN2O3/c13-9-4-15-12(19)16(6-9)5-8-3-7(11(17)18)1-2-10(8)14/h1-4,6H,5H2,(H,17,18). The van der Waals surface area contributed by atoms with E-state index in [1.54, 1.807) is 0 Å². The van der Waals surface area contributed by atoms with E-state index < -0.39 is 17.5 Å². The quantitative estimate of drug-likeness (QED) is 0.931. The Morgan fingerprint density at radius 3 is 2.89 bits per heavy atom. The molecule has 0 saturated heterocycles. The number of benzene rings is 1. The molecule has 2 aromatic rings. The average Bonchev–Trinajstić information content (AvgIpc) is 2.36. The molecule has 5 nitrogen and oxygen atoms in total. The van der Waals surface area contributed by atoms with Crippen molar-refractivity contribution >= 4 is 17.6 Å². The molecule has 1 heterocycles. The first-order valence-corrected chi connectivity index (χ1v) is 5.59. The van der Waals surface area contributed by atoms with Crippen molar-refractivity contribution in [2.75, 3.05) is 0 Å². The van der Waals surface area contributed by atoms with Gasteiger partial charge in [-0.25, -0.2) is 19.0 Å². The number of carboxylic acid groups (broad SMARTS) is 1. The lowest BCUT2D eigenvalue weighted by molar-refractivity contribution is 0.0696. The number of carbonyl (C=O) groups is 1. The van der Waals surface area contributed by atoms with E-state index >= 15 is 0 Å². The maximum absolute atomic E-state index is 13.6. The van der Waals surface area contributed by atoms with Gasteiger partial charge in [-0.1, -0.05) is 11.6 Å². The minimum absolute atomic E-state index is 0.0561. The number of hydrogen-bond donors (Lipinski definition) is 1. The lowest BCUT2D eigenvalue weighted by atomic mass is 10.1. The summed E-state index contributed by atoms with van der Waals surface area (Å²) in [6.45, 7) is -0.140. The van der Waals surface area contributed by atoms with Crippen LogP contribution in [0.4, 0.5) is 4.39 Å². The number of aromatic nitrogens is 2. The van der Waals surface area contributed by atoms with Gasteiger partial charge in [0.05, 0.1) is 23.3 Å². The molecule has 0 bridgehead atoms. The first kappa shape index (κ1) is 13.2. The third kappa shape index (κ3) is 2.97. The van der Waals surface area contributed by atoms with Crippen LogP contribution in [0.25, 0.3) is 0 Å². The van der Waals surface area contributed by atoms with Crippen LogP contribution in [-0.2, 0) is 6.54 Å². The Bertz CT molecular complexity index is 700. The van der Waals surface area contributed by atoms with Gasteiger partial charge in [0.25, 0.3) is 0 Å². The molecule has 0 atom stereocenters. The van der Waals surface area contributed by atoms with Crippen LogP contribution in [0.5, 0.6) is 0 Å². The lowest BCUT2D eigenvalue weighted by Gasteiger charge is -2.07. The summed E-state index contributed by atoms with van der Waals surface area (Å²) in [4.78, 5) is 25.8. The molecule has 2 rings (SSSR count). The van der Waals surface area contributed by atoms with E-state index in [0.29, 0.717) is 0 Å². The molecule has 0 amide bonds. The Labute approximate surface area is 111 Å². The van der Waals surface area contributed by atoms with E-state index in [-0.39, 0.29) is 22.7 Å². The molecule has 1 aromatic carbocycles. The Hall–Kier alpha value is -2.21. The second-order valence-electron chi connectivity index (χ2n) is 3.79. The van der Waals surface area contributed by atoms with E-state index in [9.17, 15) is 14.0 Å². The number of aromatic carboxylic acids is 1. The fourth-order valence-corrected chi connectivity index (χ4v) is 1.72. The highest BCUT2D eigenvalue weighted by molar-refractivity contribution is 6.30. The van der Waals surface area contributed by atoms with Gasteiger partial charge in [0, 0.05) is 11.8 Å². The molecular formula is C12H8ClFN2O3. The van der Waals surface area contributed by atoms with Crippen LogP contribution >= 0.6 is 11.6 Å². The molecule has 0 aliphatic heterocycles. The summed E-state index contributed by atoms with van der Waals surface area (Å²) in [5, 5.41) is 9.07. The molecular weight excluding hydrogens is 275 g/mol. The first-order chi connectivity index (χ1) is 8.97. The topological polar surface area (TPSA) is 72.2 Å². The number of rotatable bonds is 3. The fourth-order valence-electron chi connectivity index (χ4n) is 1.55. The van der Waals surface area contributed by atoms with Gasteiger partial charge >= 0.3 is 11.7 Å². The Morgan fingerprint density at radius 1 is 1.47 bits per heavy atom. The fraction of sp³-hybridized carbons (Fsp3) is 0.0833. The minimum atomic E-state index is -1.17. The summed E-state index contributed by atoms with van der Waals surface area (Å²) in [6, 6.07) is 3.37. The Morgan fingerprint density at radius 2 is 2.21 bits per heavy atom. The van der Waals surface area contributed by atoms with Gasteiger partial charge in [-0.2, -0.15) is 0 Å². The molecule has 0 spiro atoms. The van der Waals surface area contributed by atoms with E-state index in [0.717, 1.165) is 16.7 Å². The molecule has 0 saturated carbocycles. The zero-order chi connectivity index (χ0) is 14.0. The highest BCUT2D eigenvalue weighted by Crippen LogP contribution is 2.12. The third-order valence-electron chi connectivity index (χ3n) is 2.46. The molecule has 1 N–H and O–H groups in total. The van der Waals surface area contributed by atoms with Crippen LogP contribution in [0.15, 0.2) is 35.4 Å². The average molecular weight is 283 g/mol. The van der Waals surface area contributed by atoms with Gasteiger partial charge in [0.15, 0.2) is 0 Å². The van der Waals surface area contributed by atoms with E-state index in [1.165, 1.54) is 18.5 Å². The highest BCUT2D eigenvalue weighted by atomic mass is 35.5. The predicted octanol–water partition coefficient (Wildman–Crippen LogP) is 1.78. The van der Waals surface area contributed by atoms with Crippen LogP contribution in [0, 0.1) is 5.82 Å². The van der Waals surface area contributed by atoms with Crippen LogP contribution in [0.1, 0.15) is 15.9 Å². The van der Waals surface area contributed by atoms with E-state index in [1.807, 2.05) is 0 Å². The van der Waals surface area contributed by atoms with Gasteiger partial charge in [-0.3, -0.25) is 4.57 Å².